The minimum absolute atomic E-state index is 0. The van der Waals surface area contributed by atoms with E-state index in [0.717, 1.165) is 0 Å². The third-order valence-electron chi connectivity index (χ3n) is 0. The molecule has 4 heteroatoms. The van der Waals surface area contributed by atoms with Crippen molar-refractivity contribution in [3.05, 3.63) is 0 Å². The molecule has 0 aromatic carbocycles. The molecule has 0 amide bonds. The molecular formula is Cl2LiY+2. The molecule has 0 saturated heterocycles. The maximum Gasteiger partial charge on any atom is 3.00 e. The van der Waals surface area contributed by atoms with Crippen molar-refractivity contribution in [1.29, 1.82) is 0 Å². The predicted octanol–water partition coefficient (Wildman–Crippen LogP) is -8.99. The summed E-state index contributed by atoms with van der Waals surface area (Å²) in [4.78, 5) is 0. The summed E-state index contributed by atoms with van der Waals surface area (Å²) in [5, 5.41) is 0. The van der Waals surface area contributed by atoms with Gasteiger partial charge in [-0.2, -0.15) is 0 Å². The second kappa shape index (κ2) is 18.6. The molecule has 0 nitrogen and oxygen atoms in total. The standard InChI is InChI=1S/2ClH.Li.Y/h2*1H;;/q;;+1;+3/p-2. The van der Waals surface area contributed by atoms with Gasteiger partial charge in [0.25, 0.3) is 0 Å². The maximum atomic E-state index is 0. The van der Waals surface area contributed by atoms with Crippen LogP contribution in [0.15, 0.2) is 0 Å². The molecule has 0 rings (SSSR count). The molecule has 0 bridgehead atoms. The Hall–Kier alpha value is 2.28. The van der Waals surface area contributed by atoms with Gasteiger partial charge in [0.2, 0.25) is 0 Å². The Balaban J connectivity index is 0. The first-order valence-electron chi connectivity index (χ1n) is 0. The Morgan fingerprint density at radius 3 is 0.750 bits per heavy atom. The van der Waals surface area contributed by atoms with E-state index in [0.29, 0.717) is 0 Å². The van der Waals surface area contributed by atoms with Gasteiger partial charge in [-0.25, -0.2) is 0 Å². The Bertz CT molecular complexity index is 6.00. The van der Waals surface area contributed by atoms with Crippen LogP contribution in [0.25, 0.3) is 0 Å². The quantitative estimate of drug-likeness (QED) is 0.314. The van der Waals surface area contributed by atoms with Crippen molar-refractivity contribution in [2.75, 3.05) is 0 Å². The number of rotatable bonds is 0. The molecular weight excluding hydrogens is 167 g/mol. The molecule has 0 aromatic rings. The second-order valence-electron chi connectivity index (χ2n) is 0. The van der Waals surface area contributed by atoms with E-state index >= 15 is 0 Å². The van der Waals surface area contributed by atoms with Gasteiger partial charge in [-0.1, -0.05) is 0 Å². The van der Waals surface area contributed by atoms with Gasteiger partial charge in [-0.3, -0.25) is 0 Å². The molecule has 0 fully saturated rings. The minimum Gasteiger partial charge on any atom is -1.00 e. The van der Waals surface area contributed by atoms with Crippen LogP contribution < -0.4 is 43.7 Å². The van der Waals surface area contributed by atoms with Crippen LogP contribution in [-0.2, 0) is 32.7 Å². The van der Waals surface area contributed by atoms with Crippen molar-refractivity contribution in [2.24, 2.45) is 0 Å². The summed E-state index contributed by atoms with van der Waals surface area (Å²) in [6.07, 6.45) is 0. The van der Waals surface area contributed by atoms with Crippen LogP contribution in [0, 0.1) is 0 Å². The van der Waals surface area contributed by atoms with Crippen LogP contribution in [0.2, 0.25) is 0 Å². The fraction of sp³-hybridized carbons (Fsp3) is 0. The Labute approximate surface area is 75.4 Å². The van der Waals surface area contributed by atoms with Crippen LogP contribution in [0.1, 0.15) is 0 Å². The van der Waals surface area contributed by atoms with E-state index in [2.05, 4.69) is 0 Å². The maximum absolute atomic E-state index is 0. The largest absolute Gasteiger partial charge is 3.00 e. The van der Waals surface area contributed by atoms with E-state index in [4.69, 9.17) is 0 Å². The summed E-state index contributed by atoms with van der Waals surface area (Å²) in [5.74, 6) is 0. The van der Waals surface area contributed by atoms with Crippen molar-refractivity contribution in [3.8, 4) is 0 Å². The summed E-state index contributed by atoms with van der Waals surface area (Å²) < 4.78 is 0. The van der Waals surface area contributed by atoms with Gasteiger partial charge in [-0.05, 0) is 0 Å². The van der Waals surface area contributed by atoms with E-state index in [1.807, 2.05) is 0 Å². The number of halogens is 2. The molecule has 0 radical (unpaired) electrons. The molecule has 0 N–H and O–H groups in total. The average Bonchev–Trinajstić information content (AvgIpc) is 0. The fourth-order valence-electron chi connectivity index (χ4n) is 0. The van der Waals surface area contributed by atoms with Crippen molar-refractivity contribution < 1.29 is 76.4 Å². The van der Waals surface area contributed by atoms with Crippen LogP contribution in [0.5, 0.6) is 0 Å². The van der Waals surface area contributed by atoms with E-state index in [1.54, 1.807) is 0 Å². The first-order chi connectivity index (χ1) is 0. The molecule has 16 valence electrons. The molecule has 0 aliphatic heterocycles. The van der Waals surface area contributed by atoms with E-state index in [1.165, 1.54) is 0 Å². The Kier molecular flexibility index (Phi) is 157. The molecule has 0 spiro atoms. The number of hydrogen-bond donors (Lipinski definition) is 0. The third-order valence-corrected chi connectivity index (χ3v) is 0. The zero-order valence-corrected chi connectivity index (χ0v) is 6.68. The van der Waals surface area contributed by atoms with Crippen molar-refractivity contribution in [3.63, 3.8) is 0 Å². The first kappa shape index (κ1) is 33.7. The van der Waals surface area contributed by atoms with Gasteiger partial charge in [0.15, 0.2) is 0 Å². The van der Waals surface area contributed by atoms with Crippen molar-refractivity contribution in [1.82, 2.24) is 0 Å². The molecule has 0 aliphatic rings. The molecule has 0 saturated carbocycles. The van der Waals surface area contributed by atoms with Crippen LogP contribution in [-0.4, -0.2) is 0 Å². The summed E-state index contributed by atoms with van der Waals surface area (Å²) in [7, 11) is 0. The summed E-state index contributed by atoms with van der Waals surface area (Å²) in [6, 6.07) is 0. The molecule has 0 heterocycles. The van der Waals surface area contributed by atoms with Crippen LogP contribution in [0.4, 0.5) is 0 Å². The van der Waals surface area contributed by atoms with Gasteiger partial charge in [0.05, 0.1) is 0 Å². The molecule has 0 unspecified atom stereocenters. The van der Waals surface area contributed by atoms with Crippen molar-refractivity contribution >= 4 is 0 Å². The van der Waals surface area contributed by atoms with Gasteiger partial charge < -0.3 is 24.8 Å². The minimum atomic E-state index is 0. The Morgan fingerprint density at radius 2 is 0.750 bits per heavy atom. The van der Waals surface area contributed by atoms with Gasteiger partial charge in [0, 0.05) is 0 Å². The van der Waals surface area contributed by atoms with Gasteiger partial charge >= 0.3 is 51.6 Å². The zero-order valence-electron chi connectivity index (χ0n) is 2.33. The fourth-order valence-corrected chi connectivity index (χ4v) is 0. The first-order valence-corrected chi connectivity index (χ1v) is 0. The molecule has 0 atom stereocenters. The van der Waals surface area contributed by atoms with Crippen molar-refractivity contribution in [2.45, 2.75) is 0 Å². The Morgan fingerprint density at radius 1 is 0.750 bits per heavy atom. The van der Waals surface area contributed by atoms with Gasteiger partial charge in [-0.15, -0.1) is 0 Å². The molecule has 0 aromatic heterocycles. The number of hydrogen-bond acceptors (Lipinski definition) is 0. The third kappa shape index (κ3) is 8.86. The summed E-state index contributed by atoms with van der Waals surface area (Å²) in [5.41, 5.74) is 0. The smallest absolute Gasteiger partial charge is 1.00 e. The van der Waals surface area contributed by atoms with E-state index in [-0.39, 0.29) is 76.4 Å². The molecule has 0 aliphatic carbocycles. The zero-order chi connectivity index (χ0) is 0. The van der Waals surface area contributed by atoms with Gasteiger partial charge in [0.1, 0.15) is 0 Å². The second-order valence-corrected chi connectivity index (χ2v) is 0. The monoisotopic (exact) mass is 166 g/mol. The average molecular weight is 167 g/mol. The molecule has 4 heavy (non-hydrogen) atoms. The summed E-state index contributed by atoms with van der Waals surface area (Å²) in [6.45, 7) is 0. The van der Waals surface area contributed by atoms with Crippen LogP contribution >= 0.6 is 0 Å². The van der Waals surface area contributed by atoms with E-state index < -0.39 is 0 Å². The summed E-state index contributed by atoms with van der Waals surface area (Å²) >= 11 is 0. The SMILES string of the molecule is [Cl-].[Cl-].[Li+].[Y+3]. The van der Waals surface area contributed by atoms with Crippen LogP contribution in [0.3, 0.4) is 0 Å². The normalized spacial score (nSPS) is 0. The predicted molar refractivity (Wildman–Crippen MR) is 0 cm³/mol. The topological polar surface area (TPSA) is 0 Å². The van der Waals surface area contributed by atoms with E-state index in [9.17, 15) is 0 Å².